The number of hydrogen-bond acceptors (Lipinski definition) is 4. The molecule has 2 aromatic rings. The van der Waals surface area contributed by atoms with Gasteiger partial charge in [0.25, 0.3) is 0 Å². The van der Waals surface area contributed by atoms with Crippen LogP contribution in [0.3, 0.4) is 0 Å². The maximum absolute atomic E-state index is 12.8. The number of carbonyl (C=O) groups is 1. The maximum atomic E-state index is 12.8. The minimum atomic E-state index is 0.150. The smallest absolute Gasteiger partial charge is 0.300 e. The Balaban J connectivity index is 1.57. The Morgan fingerprint density at radius 3 is 2.65 bits per heavy atom. The highest BCUT2D eigenvalue weighted by Crippen LogP contribution is 2.40. The summed E-state index contributed by atoms with van der Waals surface area (Å²) in [5.74, 6) is 0.700. The monoisotopic (exact) mass is 441 g/mol. The highest BCUT2D eigenvalue weighted by molar-refractivity contribution is 7.15. The second-order valence-corrected chi connectivity index (χ2v) is 9.74. The molecule has 0 radical (unpaired) electrons. The first kappa shape index (κ1) is 21.9. The van der Waals surface area contributed by atoms with E-state index in [0.29, 0.717) is 24.6 Å². The zero-order chi connectivity index (χ0) is 21.6. The van der Waals surface area contributed by atoms with E-state index in [-0.39, 0.29) is 5.91 Å². The fraction of sp³-hybridized carbons (Fsp3) is 0.583. The quantitative estimate of drug-likeness (QED) is 0.465. The summed E-state index contributed by atoms with van der Waals surface area (Å²) >= 11 is 1.71. The van der Waals surface area contributed by atoms with Gasteiger partial charge in [-0.15, -0.1) is 16.8 Å². The number of amides is 1. The van der Waals surface area contributed by atoms with Crippen molar-refractivity contribution in [2.45, 2.75) is 70.6 Å². The number of rotatable bonds is 7. The number of nitroso groups, excluding NO2 is 1. The van der Waals surface area contributed by atoms with Gasteiger partial charge in [-0.1, -0.05) is 25.3 Å². The van der Waals surface area contributed by atoms with Crippen LogP contribution in [0.5, 0.6) is 0 Å². The molecule has 166 valence electrons. The molecule has 1 aromatic heterocycles. The van der Waals surface area contributed by atoms with E-state index in [1.807, 2.05) is 36.2 Å². The largest absolute Gasteiger partial charge is 0.342 e. The number of carbonyl (C=O) groups excluding carboxylic acids is 1. The van der Waals surface area contributed by atoms with Crippen molar-refractivity contribution in [3.63, 3.8) is 0 Å². The van der Waals surface area contributed by atoms with Gasteiger partial charge in [0.1, 0.15) is 0 Å². The SMILES string of the molecule is CCN[N+](=O)c1cc(CC(=O)N2CCCCC2)ccc1-c1cnc(C2CCCCC2)s1. The fourth-order valence-corrected chi connectivity index (χ4v) is 5.79. The Hall–Kier alpha value is -2.28. The molecular weight excluding hydrogens is 408 g/mol. The molecule has 6 nitrogen and oxygen atoms in total. The Kier molecular flexibility index (Phi) is 7.33. The molecule has 2 heterocycles. The van der Waals surface area contributed by atoms with Crippen LogP contribution in [-0.2, 0) is 11.2 Å². The third-order valence-corrected chi connectivity index (χ3v) is 7.58. The van der Waals surface area contributed by atoms with Gasteiger partial charge in [0.2, 0.25) is 5.91 Å². The summed E-state index contributed by atoms with van der Waals surface area (Å²) in [6.07, 6.45) is 11.9. The summed E-state index contributed by atoms with van der Waals surface area (Å²) in [5.41, 5.74) is 5.17. The van der Waals surface area contributed by atoms with E-state index in [1.54, 1.807) is 11.3 Å². The molecule has 1 aliphatic carbocycles. The van der Waals surface area contributed by atoms with Crippen LogP contribution in [0.2, 0.25) is 0 Å². The van der Waals surface area contributed by atoms with Gasteiger partial charge in [-0.05, 0) is 50.7 Å². The zero-order valence-electron chi connectivity index (χ0n) is 18.4. The van der Waals surface area contributed by atoms with E-state index in [2.05, 4.69) is 5.43 Å². The summed E-state index contributed by atoms with van der Waals surface area (Å²) in [7, 11) is 0. The van der Waals surface area contributed by atoms with Crippen molar-refractivity contribution in [2.75, 3.05) is 19.6 Å². The molecule has 4 rings (SSSR count). The average molecular weight is 442 g/mol. The highest BCUT2D eigenvalue weighted by atomic mass is 32.1. The van der Waals surface area contributed by atoms with Crippen molar-refractivity contribution in [1.82, 2.24) is 15.3 Å². The van der Waals surface area contributed by atoms with Crippen molar-refractivity contribution in [2.24, 2.45) is 0 Å². The first-order chi connectivity index (χ1) is 15.2. The molecule has 7 heteroatoms. The molecule has 2 fully saturated rings. The molecule has 0 atom stereocenters. The van der Waals surface area contributed by atoms with Gasteiger partial charge < -0.3 is 4.90 Å². The number of benzene rings is 1. The van der Waals surface area contributed by atoms with Crippen molar-refractivity contribution in [3.8, 4) is 10.4 Å². The Morgan fingerprint density at radius 2 is 1.90 bits per heavy atom. The van der Waals surface area contributed by atoms with Crippen LogP contribution in [-0.4, -0.2) is 40.3 Å². The molecular formula is C24H33N4O2S+. The van der Waals surface area contributed by atoms with Crippen LogP contribution in [0.25, 0.3) is 10.4 Å². The first-order valence-corrected chi connectivity index (χ1v) is 12.5. The number of thiazole rings is 1. The predicted octanol–water partition coefficient (Wildman–Crippen LogP) is 5.35. The highest BCUT2D eigenvalue weighted by Gasteiger charge is 2.26. The van der Waals surface area contributed by atoms with Crippen molar-refractivity contribution in [1.29, 1.82) is 0 Å². The van der Waals surface area contributed by atoms with E-state index >= 15 is 0 Å². The lowest BCUT2D eigenvalue weighted by molar-refractivity contribution is -0.527. The lowest BCUT2D eigenvalue weighted by Gasteiger charge is -2.26. The number of nitrogens with one attached hydrogen (secondary N) is 1. The molecule has 0 bridgehead atoms. The van der Waals surface area contributed by atoms with Crippen molar-refractivity contribution >= 4 is 22.9 Å². The second kappa shape index (κ2) is 10.4. The third-order valence-electron chi connectivity index (χ3n) is 6.39. The molecule has 31 heavy (non-hydrogen) atoms. The molecule has 1 saturated carbocycles. The minimum Gasteiger partial charge on any atom is -0.342 e. The lowest BCUT2D eigenvalue weighted by Crippen LogP contribution is -2.36. The summed E-state index contributed by atoms with van der Waals surface area (Å²) in [4.78, 5) is 34.0. The van der Waals surface area contributed by atoms with Crippen LogP contribution in [0.15, 0.2) is 24.4 Å². The fourth-order valence-electron chi connectivity index (χ4n) is 4.67. The van der Waals surface area contributed by atoms with E-state index in [0.717, 1.165) is 46.8 Å². The maximum Gasteiger partial charge on any atom is 0.300 e. The van der Waals surface area contributed by atoms with Crippen LogP contribution >= 0.6 is 11.3 Å². The lowest BCUT2D eigenvalue weighted by atomic mass is 9.90. The number of piperidine rings is 1. The van der Waals surface area contributed by atoms with E-state index in [4.69, 9.17) is 4.98 Å². The molecule has 1 amide bonds. The number of nitrogens with zero attached hydrogens (tertiary/aromatic N) is 3. The van der Waals surface area contributed by atoms with Crippen LogP contribution < -0.4 is 5.43 Å². The molecule has 1 saturated heterocycles. The molecule has 1 N–H and O–H groups in total. The van der Waals surface area contributed by atoms with Crippen LogP contribution in [0.1, 0.15) is 74.8 Å². The standard InChI is InChI=1S/C24H33N4O2S/c1-2-26-28(30)21-15-18(16-23(29)27-13-7-4-8-14-27)11-12-20(21)22-17-25-24(31-22)19-9-5-3-6-10-19/h11-12,15,17,19H,2-10,13-14,16H2,1H3,(H,26,30)/q+1. The second-order valence-electron chi connectivity index (χ2n) is 8.67. The zero-order valence-corrected chi connectivity index (χ0v) is 19.3. The molecule has 1 aromatic carbocycles. The third kappa shape index (κ3) is 5.32. The number of hydrazine groups is 1. The number of hydrogen-bond donors (Lipinski definition) is 1. The van der Waals surface area contributed by atoms with E-state index < -0.39 is 0 Å². The topological polar surface area (TPSA) is 65.3 Å². The van der Waals surface area contributed by atoms with E-state index in [1.165, 1.54) is 43.5 Å². The average Bonchev–Trinajstić information content (AvgIpc) is 3.30. The molecule has 0 spiro atoms. The summed E-state index contributed by atoms with van der Waals surface area (Å²) < 4.78 is 0. The summed E-state index contributed by atoms with van der Waals surface area (Å²) in [6.45, 7) is 4.14. The van der Waals surface area contributed by atoms with Gasteiger partial charge in [0, 0.05) is 31.3 Å². The van der Waals surface area contributed by atoms with Crippen LogP contribution in [0, 0.1) is 4.91 Å². The predicted molar refractivity (Wildman–Crippen MR) is 124 cm³/mol. The van der Waals surface area contributed by atoms with Gasteiger partial charge in [-0.2, -0.15) is 0 Å². The van der Waals surface area contributed by atoms with Gasteiger partial charge in [-0.3, -0.25) is 4.79 Å². The Bertz CT molecular complexity index is 914. The van der Waals surface area contributed by atoms with Gasteiger partial charge in [-0.25, -0.2) is 4.98 Å². The molecule has 1 aliphatic heterocycles. The van der Waals surface area contributed by atoms with E-state index in [9.17, 15) is 9.70 Å². The number of likely N-dealkylation sites (tertiary alicyclic amines) is 1. The minimum absolute atomic E-state index is 0.150. The number of aromatic nitrogens is 1. The van der Waals surface area contributed by atoms with Gasteiger partial charge >= 0.3 is 5.69 Å². The van der Waals surface area contributed by atoms with Crippen LogP contribution in [0.4, 0.5) is 5.69 Å². The van der Waals surface area contributed by atoms with Crippen molar-refractivity contribution < 1.29 is 9.66 Å². The Morgan fingerprint density at radius 1 is 1.16 bits per heavy atom. The Labute approximate surface area is 188 Å². The molecule has 0 unspecified atom stereocenters. The summed E-state index contributed by atoms with van der Waals surface area (Å²) in [5, 5.41) is 1.19. The van der Waals surface area contributed by atoms with Crippen molar-refractivity contribution in [3.05, 3.63) is 39.9 Å². The molecule has 2 aliphatic rings. The first-order valence-electron chi connectivity index (χ1n) is 11.7. The normalized spacial score (nSPS) is 17.5. The van der Waals surface area contributed by atoms with Gasteiger partial charge in [0.05, 0.1) is 33.3 Å². The van der Waals surface area contributed by atoms with Gasteiger partial charge in [0.15, 0.2) is 4.87 Å². The summed E-state index contributed by atoms with van der Waals surface area (Å²) in [6, 6.07) is 5.84.